The Hall–Kier alpha value is -1.40. The van der Waals surface area contributed by atoms with E-state index >= 15 is 0 Å². The van der Waals surface area contributed by atoms with Gasteiger partial charge < -0.3 is 0 Å². The van der Waals surface area contributed by atoms with Crippen molar-refractivity contribution in [3.8, 4) is 0 Å². The Morgan fingerprint density at radius 1 is 0.618 bits per heavy atom. The summed E-state index contributed by atoms with van der Waals surface area (Å²) in [6.45, 7) is 15.8. The molecule has 0 heterocycles. The first-order valence-electron chi connectivity index (χ1n) is 11.7. The van der Waals surface area contributed by atoms with Crippen molar-refractivity contribution in [2.45, 2.75) is 59.3 Å². The number of benzene rings is 3. The third-order valence-corrected chi connectivity index (χ3v) is 6.20. The topological polar surface area (TPSA) is 0 Å². The molecule has 5 rings (SSSR count). The first-order valence-corrected chi connectivity index (χ1v) is 18.0. The molecule has 0 fully saturated rings. The summed E-state index contributed by atoms with van der Waals surface area (Å²) in [5.74, 6) is 0. The Morgan fingerprint density at radius 3 is 1.53 bits per heavy atom. The molecule has 0 saturated carbocycles. The zero-order valence-electron chi connectivity index (χ0n) is 21.3. The molecule has 0 aliphatic rings. The van der Waals surface area contributed by atoms with Gasteiger partial charge in [0.05, 0.1) is 0 Å². The third-order valence-electron chi connectivity index (χ3n) is 6.20. The molecule has 0 atom stereocenters. The van der Waals surface area contributed by atoms with E-state index < -0.39 is 20.8 Å². The predicted molar refractivity (Wildman–Crippen MR) is 150 cm³/mol. The van der Waals surface area contributed by atoms with Crippen LogP contribution in [0.5, 0.6) is 0 Å². The Kier molecular flexibility index (Phi) is 8.89. The Balaban J connectivity index is 0.000000206. The van der Waals surface area contributed by atoms with Gasteiger partial charge in [0.15, 0.2) is 0 Å². The third kappa shape index (κ3) is 6.63. The summed E-state index contributed by atoms with van der Waals surface area (Å²) in [4.78, 5) is 0. The Labute approximate surface area is 223 Å². The van der Waals surface area contributed by atoms with Gasteiger partial charge in [-0.25, -0.2) is 0 Å². The number of aryl methyl sites for hydroxylation is 1. The van der Waals surface area contributed by atoms with Crippen molar-refractivity contribution in [3.05, 3.63) is 95.6 Å². The molecule has 0 spiro atoms. The maximum absolute atomic E-state index is 4.93. The van der Waals surface area contributed by atoms with Crippen LogP contribution in [0.3, 0.4) is 0 Å². The van der Waals surface area contributed by atoms with Gasteiger partial charge in [-0.3, -0.25) is 0 Å². The molecule has 176 valence electrons. The SMILES string of the molecule is CC(C)(C)c1ccc2c(c1)[cH-]c1cc(C(C)(C)C)ccc12.Cc1cc2ccccc2[cH-]1.[Cl][Zr+2][Cl]. The molecule has 0 aliphatic heterocycles. The summed E-state index contributed by atoms with van der Waals surface area (Å²) in [5, 5.41) is 8.17. The van der Waals surface area contributed by atoms with E-state index in [0.717, 1.165) is 0 Å². The molecule has 0 radical (unpaired) electrons. The predicted octanol–water partition coefficient (Wildman–Crippen LogP) is 10.6. The molecule has 0 bridgehead atoms. The summed E-state index contributed by atoms with van der Waals surface area (Å²) >= 11 is -0.826. The zero-order chi connectivity index (χ0) is 25.1. The van der Waals surface area contributed by atoms with Gasteiger partial charge in [-0.15, -0.1) is 80.3 Å². The quantitative estimate of drug-likeness (QED) is 0.163. The summed E-state index contributed by atoms with van der Waals surface area (Å²) in [5.41, 5.74) is 4.56. The Morgan fingerprint density at radius 2 is 1.09 bits per heavy atom. The Bertz CT molecular complexity index is 1270. The van der Waals surface area contributed by atoms with Crippen molar-refractivity contribution in [2.75, 3.05) is 0 Å². The van der Waals surface area contributed by atoms with Crippen molar-refractivity contribution in [3.63, 3.8) is 0 Å². The first kappa shape index (κ1) is 27.2. The summed E-state index contributed by atoms with van der Waals surface area (Å²) in [6, 6.07) is 29.0. The summed E-state index contributed by atoms with van der Waals surface area (Å²) in [6.07, 6.45) is 0. The van der Waals surface area contributed by atoms with Crippen molar-refractivity contribution in [2.24, 2.45) is 0 Å². The van der Waals surface area contributed by atoms with Crippen molar-refractivity contribution in [1.82, 2.24) is 0 Å². The van der Waals surface area contributed by atoms with Gasteiger partial charge in [-0.2, -0.15) is 6.07 Å². The van der Waals surface area contributed by atoms with E-state index in [4.69, 9.17) is 17.0 Å². The van der Waals surface area contributed by atoms with E-state index in [-0.39, 0.29) is 10.8 Å². The molecule has 0 N–H and O–H groups in total. The molecular formula is C31H34Cl2Zr. The average molecular weight is 569 g/mol. The van der Waals surface area contributed by atoms with Gasteiger partial charge in [0.25, 0.3) is 0 Å². The average Bonchev–Trinajstić information content (AvgIpc) is 3.31. The van der Waals surface area contributed by atoms with E-state index in [9.17, 15) is 0 Å². The molecule has 0 aromatic heterocycles. The molecular weight excluding hydrogens is 534 g/mol. The molecule has 3 heteroatoms. The van der Waals surface area contributed by atoms with Gasteiger partial charge in [0, 0.05) is 0 Å². The van der Waals surface area contributed by atoms with Gasteiger partial charge in [-0.05, 0) is 10.8 Å². The molecule has 0 nitrogen and oxygen atoms in total. The van der Waals surface area contributed by atoms with Crippen molar-refractivity contribution in [1.29, 1.82) is 0 Å². The molecule has 5 aromatic carbocycles. The normalized spacial score (nSPS) is 11.6. The van der Waals surface area contributed by atoms with Crippen LogP contribution < -0.4 is 0 Å². The fourth-order valence-electron chi connectivity index (χ4n) is 4.26. The molecule has 0 amide bonds. The van der Waals surface area contributed by atoms with Crippen LogP contribution in [0.15, 0.2) is 78.9 Å². The van der Waals surface area contributed by atoms with E-state index in [2.05, 4.69) is 127 Å². The maximum atomic E-state index is 4.93. The van der Waals surface area contributed by atoms with E-state index in [1.165, 1.54) is 49.0 Å². The molecule has 34 heavy (non-hydrogen) atoms. The molecule has 0 saturated heterocycles. The monoisotopic (exact) mass is 566 g/mol. The van der Waals surface area contributed by atoms with Crippen molar-refractivity contribution < 1.29 is 20.8 Å². The molecule has 0 aliphatic carbocycles. The van der Waals surface area contributed by atoms with Crippen LogP contribution >= 0.6 is 17.0 Å². The van der Waals surface area contributed by atoms with E-state index in [1.807, 2.05) is 0 Å². The van der Waals surface area contributed by atoms with Crippen molar-refractivity contribution >= 4 is 49.3 Å². The fourth-order valence-corrected chi connectivity index (χ4v) is 4.26. The second-order valence-corrected chi connectivity index (χ2v) is 14.7. The van der Waals surface area contributed by atoms with Gasteiger partial charge in [-0.1, -0.05) is 89.9 Å². The second kappa shape index (κ2) is 11.1. The number of hydrogen-bond acceptors (Lipinski definition) is 0. The van der Waals surface area contributed by atoms with Crippen LogP contribution in [-0.4, -0.2) is 0 Å². The van der Waals surface area contributed by atoms with Crippen LogP contribution in [0.25, 0.3) is 32.3 Å². The van der Waals surface area contributed by atoms with Crippen LogP contribution in [-0.2, 0) is 31.7 Å². The summed E-state index contributed by atoms with van der Waals surface area (Å²) in [7, 11) is 9.87. The number of halogens is 2. The van der Waals surface area contributed by atoms with Gasteiger partial charge in [0.2, 0.25) is 0 Å². The van der Waals surface area contributed by atoms with Crippen LogP contribution in [0.4, 0.5) is 0 Å². The molecule has 5 aromatic rings. The van der Waals surface area contributed by atoms with Crippen LogP contribution in [0, 0.1) is 6.92 Å². The van der Waals surface area contributed by atoms with Gasteiger partial charge in [0.1, 0.15) is 0 Å². The zero-order valence-corrected chi connectivity index (χ0v) is 25.2. The van der Waals surface area contributed by atoms with E-state index in [1.54, 1.807) is 0 Å². The fraction of sp³-hybridized carbons (Fsp3) is 0.290. The minimum atomic E-state index is -0.826. The van der Waals surface area contributed by atoms with Gasteiger partial charge >= 0.3 is 37.9 Å². The van der Waals surface area contributed by atoms with Crippen LogP contribution in [0.1, 0.15) is 58.2 Å². The number of rotatable bonds is 0. The molecule has 0 unspecified atom stereocenters. The first-order chi connectivity index (χ1) is 15.9. The standard InChI is InChI=1S/C21H25.C10H9.2ClH.Zr/c1-20(2,3)16-7-9-18-14(12-16)11-15-13-17(21(4,5)6)8-10-19(15)18;1-8-6-9-4-2-3-5-10(9)7-8;;;/h7-13H,1-6H3;2-7H,1H3;2*1H;/q2*-1;;;+4/p-2. The number of fused-ring (bicyclic) bond motifs is 4. The minimum absolute atomic E-state index is 0.203. The van der Waals surface area contributed by atoms with E-state index in [0.29, 0.717) is 0 Å². The second-order valence-electron chi connectivity index (χ2n) is 11.0. The van der Waals surface area contributed by atoms with Crippen LogP contribution in [0.2, 0.25) is 0 Å². The number of hydrogen-bond donors (Lipinski definition) is 0. The summed E-state index contributed by atoms with van der Waals surface area (Å²) < 4.78 is 0.